The molecular weight excluding hydrogens is 326 g/mol. The Balaban J connectivity index is 0.000000213. The second kappa shape index (κ2) is 8.80. The molecule has 0 aliphatic rings. The fraction of sp³-hybridized carbons (Fsp3) is 0.250. The second-order valence-corrected chi connectivity index (χ2v) is 5.86. The van der Waals surface area contributed by atoms with Crippen molar-refractivity contribution in [1.29, 1.82) is 0 Å². The number of nitrogen functional groups attached to an aromatic ring is 1. The van der Waals surface area contributed by atoms with Gasteiger partial charge in [-0.25, -0.2) is 9.61 Å². The molecule has 0 unspecified atom stereocenters. The Hall–Kier alpha value is -3.15. The van der Waals surface area contributed by atoms with Gasteiger partial charge in [-0.3, -0.25) is 0 Å². The lowest BCUT2D eigenvalue weighted by atomic mass is 10.2. The minimum Gasteiger partial charge on any atom is -0.379 e. The van der Waals surface area contributed by atoms with Gasteiger partial charge in [0.25, 0.3) is 0 Å². The van der Waals surface area contributed by atoms with E-state index < -0.39 is 0 Å². The number of rotatable bonds is 4. The van der Waals surface area contributed by atoms with Crippen molar-refractivity contribution >= 4 is 16.9 Å². The van der Waals surface area contributed by atoms with Crippen LogP contribution in [0.5, 0.6) is 0 Å². The summed E-state index contributed by atoms with van der Waals surface area (Å²) in [6, 6.07) is 7.81. The first-order valence-corrected chi connectivity index (χ1v) is 8.46. The highest BCUT2D eigenvalue weighted by atomic mass is 16.6. The number of aryl methyl sites for hydroxylation is 1. The van der Waals surface area contributed by atoms with E-state index in [2.05, 4.69) is 58.6 Å². The zero-order chi connectivity index (χ0) is 19.1. The number of hydrogen-bond donors (Lipinski definition) is 1. The van der Waals surface area contributed by atoms with Crippen molar-refractivity contribution in [2.45, 2.75) is 27.2 Å². The summed E-state index contributed by atoms with van der Waals surface area (Å²) in [4.78, 5) is 4.44. The summed E-state index contributed by atoms with van der Waals surface area (Å²) in [6.45, 7) is 10.1. The van der Waals surface area contributed by atoms with Crippen molar-refractivity contribution in [3.05, 3.63) is 60.2 Å². The lowest BCUT2D eigenvalue weighted by Gasteiger charge is -1.97. The summed E-state index contributed by atoms with van der Waals surface area (Å²) >= 11 is 0. The predicted octanol–water partition coefficient (Wildman–Crippen LogP) is 4.68. The molecule has 0 atom stereocenters. The quantitative estimate of drug-likeness (QED) is 0.690. The largest absolute Gasteiger partial charge is 0.379 e. The number of fused-ring (bicyclic) bond motifs is 1. The number of allylic oxidation sites excluding steroid dienone is 5. The maximum absolute atomic E-state index is 5.64. The van der Waals surface area contributed by atoms with Gasteiger partial charge in [0.05, 0.1) is 11.0 Å². The molecule has 0 saturated heterocycles. The number of para-hydroxylation sites is 2. The minimum absolute atomic E-state index is 0.249. The number of hydrogen-bond acceptors (Lipinski definition) is 5. The van der Waals surface area contributed by atoms with Gasteiger partial charge in [-0.2, -0.15) is 0 Å². The molecule has 2 heterocycles. The lowest BCUT2D eigenvalue weighted by molar-refractivity contribution is 0.310. The van der Waals surface area contributed by atoms with Gasteiger partial charge in [-0.05, 0) is 42.7 Å². The molecule has 1 aromatic carbocycles. The third-order valence-corrected chi connectivity index (χ3v) is 4.00. The summed E-state index contributed by atoms with van der Waals surface area (Å²) in [6.07, 6.45) is 7.27. The molecule has 0 radical (unpaired) electrons. The van der Waals surface area contributed by atoms with Crippen molar-refractivity contribution in [2.24, 2.45) is 7.05 Å². The van der Waals surface area contributed by atoms with E-state index in [0.717, 1.165) is 17.5 Å². The monoisotopic (exact) mass is 351 g/mol. The number of anilines is 1. The second-order valence-electron chi connectivity index (χ2n) is 5.86. The smallest absolute Gasteiger partial charge is 0.199 e. The summed E-state index contributed by atoms with van der Waals surface area (Å²) in [7, 11) is 1.90. The van der Waals surface area contributed by atoms with Crippen LogP contribution < -0.4 is 5.73 Å². The third kappa shape index (κ3) is 4.47. The summed E-state index contributed by atoms with van der Waals surface area (Å²) in [5.41, 5.74) is 10.5. The van der Waals surface area contributed by atoms with E-state index >= 15 is 0 Å². The highest BCUT2D eigenvalue weighted by molar-refractivity contribution is 5.81. The molecule has 3 aromatic rings. The summed E-state index contributed by atoms with van der Waals surface area (Å²) < 4.78 is 6.48. The molecule has 0 bridgehead atoms. The first kappa shape index (κ1) is 19.2. The Morgan fingerprint density at radius 1 is 1.27 bits per heavy atom. The van der Waals surface area contributed by atoms with Gasteiger partial charge < -0.3 is 10.3 Å². The Bertz CT molecular complexity index is 946. The van der Waals surface area contributed by atoms with Crippen LogP contribution in [-0.2, 0) is 7.05 Å². The van der Waals surface area contributed by atoms with Crippen LogP contribution in [0.2, 0.25) is 0 Å². The number of benzene rings is 1. The Morgan fingerprint density at radius 3 is 2.58 bits per heavy atom. The van der Waals surface area contributed by atoms with E-state index in [1.807, 2.05) is 42.8 Å². The van der Waals surface area contributed by atoms with E-state index in [0.29, 0.717) is 11.5 Å². The van der Waals surface area contributed by atoms with Crippen molar-refractivity contribution < 1.29 is 4.63 Å². The maximum Gasteiger partial charge on any atom is 0.199 e. The van der Waals surface area contributed by atoms with Crippen LogP contribution in [0.4, 0.5) is 5.82 Å². The molecule has 26 heavy (non-hydrogen) atoms. The Morgan fingerprint density at radius 2 is 2.00 bits per heavy atom. The molecule has 136 valence electrons. The van der Waals surface area contributed by atoms with E-state index in [-0.39, 0.29) is 5.82 Å². The number of nitrogens with zero attached hydrogens (tertiary/aromatic N) is 4. The SMILES string of the molecule is C=C(/C=C\C(C)=C/C)CC.Cn1c(-c2nonc2N)nc2ccccc21. The van der Waals surface area contributed by atoms with Gasteiger partial charge in [-0.15, -0.1) is 0 Å². The normalized spacial score (nSPS) is 11.6. The molecular formula is C20H25N5O. The highest BCUT2D eigenvalue weighted by Gasteiger charge is 2.16. The third-order valence-electron chi connectivity index (χ3n) is 4.00. The van der Waals surface area contributed by atoms with E-state index in [4.69, 9.17) is 5.73 Å². The zero-order valence-electron chi connectivity index (χ0n) is 15.7. The van der Waals surface area contributed by atoms with Gasteiger partial charge in [0.2, 0.25) is 0 Å². The summed E-state index contributed by atoms with van der Waals surface area (Å²) in [5, 5.41) is 7.29. The number of nitrogens with two attached hydrogens (primary N) is 1. The van der Waals surface area contributed by atoms with Gasteiger partial charge >= 0.3 is 0 Å². The predicted molar refractivity (Wildman–Crippen MR) is 106 cm³/mol. The zero-order valence-corrected chi connectivity index (χ0v) is 15.7. The van der Waals surface area contributed by atoms with Gasteiger partial charge in [0, 0.05) is 7.05 Å². The molecule has 0 aliphatic carbocycles. The molecule has 2 N–H and O–H groups in total. The van der Waals surface area contributed by atoms with Crippen LogP contribution in [0.1, 0.15) is 27.2 Å². The first-order valence-electron chi connectivity index (χ1n) is 8.46. The van der Waals surface area contributed by atoms with Crippen molar-refractivity contribution in [1.82, 2.24) is 19.9 Å². The molecule has 2 aromatic heterocycles. The first-order chi connectivity index (χ1) is 12.5. The Kier molecular flexibility index (Phi) is 6.49. The highest BCUT2D eigenvalue weighted by Crippen LogP contribution is 2.24. The molecule has 0 aliphatic heterocycles. The number of imidazole rings is 1. The molecule has 0 fully saturated rings. The molecule has 0 amide bonds. The number of aromatic nitrogens is 4. The van der Waals surface area contributed by atoms with E-state index in [9.17, 15) is 0 Å². The molecule has 3 rings (SSSR count). The van der Waals surface area contributed by atoms with Crippen molar-refractivity contribution in [3.8, 4) is 11.5 Å². The van der Waals surface area contributed by atoms with Crippen LogP contribution in [-0.4, -0.2) is 19.9 Å². The van der Waals surface area contributed by atoms with E-state index in [1.165, 1.54) is 11.1 Å². The average molecular weight is 351 g/mol. The van der Waals surface area contributed by atoms with Gasteiger partial charge in [-0.1, -0.05) is 55.0 Å². The van der Waals surface area contributed by atoms with Gasteiger partial charge in [0.1, 0.15) is 0 Å². The van der Waals surface area contributed by atoms with Crippen LogP contribution in [0.25, 0.3) is 22.6 Å². The standard InChI is InChI=1S/C10H9N5O.C10H16/c1-15-7-5-3-2-4-6(7)12-10(15)8-9(11)14-16-13-8;1-5-9(3)7-8-10(4)6-2/h2-5H,1H3,(H2,11,14);6-8H,3,5H2,1-2,4H3/b;8-7-,10-6-. The molecule has 0 spiro atoms. The van der Waals surface area contributed by atoms with Crippen molar-refractivity contribution in [2.75, 3.05) is 5.73 Å². The maximum atomic E-state index is 5.64. The van der Waals surface area contributed by atoms with Crippen LogP contribution in [0, 0.1) is 0 Å². The van der Waals surface area contributed by atoms with Crippen molar-refractivity contribution in [3.63, 3.8) is 0 Å². The molecule has 6 heteroatoms. The summed E-state index contributed by atoms with van der Waals surface area (Å²) in [5.74, 6) is 0.901. The minimum atomic E-state index is 0.249. The average Bonchev–Trinajstić information content (AvgIpc) is 3.23. The van der Waals surface area contributed by atoms with E-state index in [1.54, 1.807) is 0 Å². The topological polar surface area (TPSA) is 82.8 Å². The van der Waals surface area contributed by atoms with Gasteiger partial charge in [0.15, 0.2) is 17.3 Å². The van der Waals surface area contributed by atoms with Crippen LogP contribution in [0.3, 0.4) is 0 Å². The Labute approximate surface area is 153 Å². The lowest BCUT2D eigenvalue weighted by Crippen LogP contribution is -1.96. The fourth-order valence-electron chi connectivity index (χ4n) is 2.17. The molecule has 6 nitrogen and oxygen atoms in total. The molecule has 0 saturated carbocycles. The van der Waals surface area contributed by atoms with Crippen LogP contribution >= 0.6 is 0 Å². The fourth-order valence-corrected chi connectivity index (χ4v) is 2.17. The van der Waals surface area contributed by atoms with Crippen LogP contribution in [0.15, 0.2) is 64.8 Å².